The third-order valence-corrected chi connectivity index (χ3v) is 5.40. The van der Waals surface area contributed by atoms with Crippen molar-refractivity contribution < 1.29 is 33.8 Å². The van der Waals surface area contributed by atoms with Crippen LogP contribution in [-0.2, 0) is 19.1 Å². The van der Waals surface area contributed by atoms with Gasteiger partial charge in [0.25, 0.3) is 5.91 Å². The van der Waals surface area contributed by atoms with E-state index in [2.05, 4.69) is 15.4 Å². The number of nitrogens with zero attached hydrogens (tertiary/aromatic N) is 1. The van der Waals surface area contributed by atoms with E-state index in [1.807, 2.05) is 0 Å². The van der Waals surface area contributed by atoms with Gasteiger partial charge in [-0.05, 0) is 25.0 Å². The Morgan fingerprint density at radius 1 is 1.37 bits per heavy atom. The van der Waals surface area contributed by atoms with Gasteiger partial charge in [0.1, 0.15) is 17.8 Å². The molecule has 2 saturated heterocycles. The SMILES string of the molecule is COc1cccc(C(=O)NCC(=O)N2CCC[C@H]2C(=O)N[C@H]2CC(=O)O[C@H]2O)c1Cl. The van der Waals surface area contributed by atoms with Gasteiger partial charge >= 0.3 is 5.97 Å². The standard InChI is InChI=1S/C19H22ClN3O7/c1-29-13-6-2-4-10(16(13)20)17(26)21-9-14(24)23-7-3-5-12(23)18(27)22-11-8-15(25)30-19(11)28/h2,4,6,11-12,19,28H,3,5,7-9H2,1H3,(H,21,26)(H,22,27)/t11-,12-,19+/m0/s1. The number of esters is 1. The lowest BCUT2D eigenvalue weighted by atomic mass is 10.1. The number of hydrogen-bond donors (Lipinski definition) is 3. The van der Waals surface area contributed by atoms with Gasteiger partial charge in [0, 0.05) is 6.54 Å². The van der Waals surface area contributed by atoms with Crippen molar-refractivity contribution in [2.24, 2.45) is 0 Å². The second-order valence-corrected chi connectivity index (χ2v) is 7.33. The van der Waals surface area contributed by atoms with Crippen LogP contribution in [0.4, 0.5) is 0 Å². The summed E-state index contributed by atoms with van der Waals surface area (Å²) in [5.74, 6) is -1.73. The van der Waals surface area contributed by atoms with E-state index in [1.165, 1.54) is 18.1 Å². The summed E-state index contributed by atoms with van der Waals surface area (Å²) in [6.45, 7) is 0.0408. The molecule has 1 aromatic rings. The highest BCUT2D eigenvalue weighted by molar-refractivity contribution is 6.35. The molecule has 3 rings (SSSR count). The van der Waals surface area contributed by atoms with Gasteiger partial charge in [0.15, 0.2) is 0 Å². The number of aliphatic hydroxyl groups is 1. The lowest BCUT2D eigenvalue weighted by Gasteiger charge is -2.25. The van der Waals surface area contributed by atoms with Crippen LogP contribution in [0.3, 0.4) is 0 Å². The summed E-state index contributed by atoms with van der Waals surface area (Å²) in [4.78, 5) is 50.1. The van der Waals surface area contributed by atoms with E-state index in [4.69, 9.17) is 16.3 Å². The van der Waals surface area contributed by atoms with Crippen molar-refractivity contribution in [2.75, 3.05) is 20.2 Å². The molecule has 2 aliphatic heterocycles. The predicted molar refractivity (Wildman–Crippen MR) is 104 cm³/mol. The van der Waals surface area contributed by atoms with E-state index in [9.17, 15) is 24.3 Å². The number of aliphatic hydroxyl groups excluding tert-OH is 1. The highest BCUT2D eigenvalue weighted by Gasteiger charge is 2.39. The van der Waals surface area contributed by atoms with Crippen molar-refractivity contribution in [1.29, 1.82) is 0 Å². The number of hydrogen-bond acceptors (Lipinski definition) is 7. The highest BCUT2D eigenvalue weighted by atomic mass is 35.5. The van der Waals surface area contributed by atoms with Crippen LogP contribution in [0.2, 0.25) is 5.02 Å². The van der Waals surface area contributed by atoms with E-state index < -0.39 is 42.1 Å². The van der Waals surface area contributed by atoms with Crippen LogP contribution in [0, 0.1) is 0 Å². The number of carbonyl (C=O) groups is 4. The molecular weight excluding hydrogens is 418 g/mol. The molecule has 3 atom stereocenters. The molecule has 2 fully saturated rings. The molecule has 0 bridgehead atoms. The number of cyclic esters (lactones) is 1. The molecule has 1 aromatic carbocycles. The zero-order valence-electron chi connectivity index (χ0n) is 16.2. The summed E-state index contributed by atoms with van der Waals surface area (Å²) in [7, 11) is 1.43. The first kappa shape index (κ1) is 21.8. The van der Waals surface area contributed by atoms with Crippen molar-refractivity contribution in [3.8, 4) is 5.75 Å². The van der Waals surface area contributed by atoms with E-state index in [0.29, 0.717) is 25.1 Å². The van der Waals surface area contributed by atoms with Gasteiger partial charge in [0.2, 0.25) is 18.1 Å². The van der Waals surface area contributed by atoms with Gasteiger partial charge in [-0.3, -0.25) is 19.2 Å². The highest BCUT2D eigenvalue weighted by Crippen LogP contribution is 2.27. The van der Waals surface area contributed by atoms with Crippen LogP contribution in [0.5, 0.6) is 5.75 Å². The summed E-state index contributed by atoms with van der Waals surface area (Å²) in [6.07, 6.45) is -0.489. The molecule has 2 aliphatic rings. The maximum absolute atomic E-state index is 12.6. The zero-order valence-corrected chi connectivity index (χ0v) is 17.0. The molecule has 0 saturated carbocycles. The number of carbonyl (C=O) groups excluding carboxylic acids is 4. The third kappa shape index (κ3) is 4.65. The molecule has 0 aromatic heterocycles. The number of halogens is 1. The van der Waals surface area contributed by atoms with Crippen LogP contribution >= 0.6 is 11.6 Å². The summed E-state index contributed by atoms with van der Waals surface area (Å²) >= 11 is 6.13. The number of likely N-dealkylation sites (tertiary alicyclic amines) is 1. The topological polar surface area (TPSA) is 134 Å². The maximum atomic E-state index is 12.6. The van der Waals surface area contributed by atoms with Crippen molar-refractivity contribution >= 4 is 35.3 Å². The van der Waals surface area contributed by atoms with Crippen molar-refractivity contribution in [2.45, 2.75) is 37.6 Å². The normalized spacial score (nSPS) is 23.1. The average Bonchev–Trinajstić information content (AvgIpc) is 3.32. The Morgan fingerprint density at radius 3 is 2.80 bits per heavy atom. The largest absolute Gasteiger partial charge is 0.495 e. The number of benzene rings is 1. The third-order valence-electron chi connectivity index (χ3n) is 5.01. The van der Waals surface area contributed by atoms with Gasteiger partial charge in [-0.2, -0.15) is 0 Å². The molecule has 0 spiro atoms. The second-order valence-electron chi connectivity index (χ2n) is 6.95. The lowest BCUT2D eigenvalue weighted by molar-refractivity contribution is -0.155. The Bertz CT molecular complexity index is 863. The van der Waals surface area contributed by atoms with Crippen molar-refractivity contribution in [3.63, 3.8) is 0 Å². The Morgan fingerprint density at radius 2 is 2.13 bits per heavy atom. The van der Waals surface area contributed by atoms with E-state index in [0.717, 1.165) is 0 Å². The van der Waals surface area contributed by atoms with Crippen LogP contribution < -0.4 is 15.4 Å². The molecule has 30 heavy (non-hydrogen) atoms. The number of rotatable bonds is 6. The maximum Gasteiger partial charge on any atom is 0.310 e. The molecule has 3 N–H and O–H groups in total. The van der Waals surface area contributed by atoms with Gasteiger partial charge < -0.3 is 30.1 Å². The van der Waals surface area contributed by atoms with Gasteiger partial charge in [-0.15, -0.1) is 0 Å². The molecule has 10 nitrogen and oxygen atoms in total. The van der Waals surface area contributed by atoms with Crippen LogP contribution in [-0.4, -0.2) is 72.3 Å². The monoisotopic (exact) mass is 439 g/mol. The number of amides is 3. The first-order chi connectivity index (χ1) is 14.3. The second kappa shape index (κ2) is 9.31. The molecule has 0 radical (unpaired) electrons. The summed E-state index contributed by atoms with van der Waals surface area (Å²) in [5.41, 5.74) is 0.166. The Balaban J connectivity index is 1.57. The fourth-order valence-electron chi connectivity index (χ4n) is 3.48. The van der Waals surface area contributed by atoms with Crippen molar-refractivity contribution in [3.05, 3.63) is 28.8 Å². The van der Waals surface area contributed by atoms with Gasteiger partial charge in [0.05, 0.1) is 30.7 Å². The molecule has 162 valence electrons. The first-order valence-corrected chi connectivity index (χ1v) is 9.77. The average molecular weight is 440 g/mol. The van der Waals surface area contributed by atoms with Crippen LogP contribution in [0.15, 0.2) is 18.2 Å². The zero-order chi connectivity index (χ0) is 21.8. The summed E-state index contributed by atoms with van der Waals surface area (Å²) in [5, 5.41) is 14.8. The summed E-state index contributed by atoms with van der Waals surface area (Å²) in [6, 6.07) is 3.12. The van der Waals surface area contributed by atoms with Crippen LogP contribution in [0.1, 0.15) is 29.6 Å². The van der Waals surface area contributed by atoms with Crippen molar-refractivity contribution in [1.82, 2.24) is 15.5 Å². The van der Waals surface area contributed by atoms with Crippen LogP contribution in [0.25, 0.3) is 0 Å². The Labute approximate surface area is 177 Å². The van der Waals surface area contributed by atoms with E-state index >= 15 is 0 Å². The fraction of sp³-hybridized carbons (Fsp3) is 0.474. The first-order valence-electron chi connectivity index (χ1n) is 9.40. The minimum Gasteiger partial charge on any atom is -0.495 e. The number of ether oxygens (including phenoxy) is 2. The lowest BCUT2D eigenvalue weighted by Crippen LogP contribution is -2.52. The molecule has 2 heterocycles. The molecule has 0 unspecified atom stereocenters. The predicted octanol–water partition coefficient (Wildman–Crippen LogP) is -0.180. The summed E-state index contributed by atoms with van der Waals surface area (Å²) < 4.78 is 9.67. The fourth-order valence-corrected chi connectivity index (χ4v) is 3.77. The molecule has 0 aliphatic carbocycles. The van der Waals surface area contributed by atoms with Gasteiger partial charge in [-0.1, -0.05) is 17.7 Å². The van der Waals surface area contributed by atoms with E-state index in [-0.39, 0.29) is 23.6 Å². The Hall–Kier alpha value is -2.85. The van der Waals surface area contributed by atoms with Gasteiger partial charge in [-0.25, -0.2) is 0 Å². The quantitative estimate of drug-likeness (QED) is 0.523. The number of nitrogens with one attached hydrogen (secondary N) is 2. The minimum absolute atomic E-state index is 0.134. The number of methoxy groups -OCH3 is 1. The smallest absolute Gasteiger partial charge is 0.310 e. The minimum atomic E-state index is -1.40. The molecule has 11 heteroatoms. The van der Waals surface area contributed by atoms with E-state index in [1.54, 1.807) is 12.1 Å². The Kier molecular flexibility index (Phi) is 6.78. The molecular formula is C19H22ClN3O7. The molecule has 3 amide bonds.